The number of hydrogen-bond donors (Lipinski definition) is 6. The van der Waals surface area contributed by atoms with Crippen LogP contribution < -0.4 is 33.5 Å². The van der Waals surface area contributed by atoms with Crippen molar-refractivity contribution in [1.82, 2.24) is 15.0 Å². The van der Waals surface area contributed by atoms with Gasteiger partial charge in [0.2, 0.25) is 0 Å². The molecule has 8 nitrogen and oxygen atoms in total. The summed E-state index contributed by atoms with van der Waals surface area (Å²) in [6.45, 7) is 0.311. The second-order valence-corrected chi connectivity index (χ2v) is 3.12. The Morgan fingerprint density at radius 1 is 1.69 bits per heavy atom. The standard InChI is InChI=1S/C8H16N8/c1-13-6-7(10)14-4-16(8(6)11)3-5(9)2-15-12/h2,4,11,13,15H,3,9-10,12H2,1H3/b5-2-,11-8?. The van der Waals surface area contributed by atoms with Gasteiger partial charge in [0.15, 0.2) is 11.3 Å². The van der Waals surface area contributed by atoms with Crippen LogP contribution in [-0.2, 0) is 6.54 Å². The Labute approximate surface area is 92.6 Å². The van der Waals surface area contributed by atoms with E-state index in [0.29, 0.717) is 17.9 Å². The maximum Gasteiger partial charge on any atom is 0.153 e. The van der Waals surface area contributed by atoms with E-state index in [1.807, 2.05) is 0 Å². The first kappa shape index (κ1) is 11.9. The molecule has 0 aliphatic rings. The lowest BCUT2D eigenvalue weighted by molar-refractivity contribution is 0.693. The van der Waals surface area contributed by atoms with Gasteiger partial charge in [0.25, 0.3) is 0 Å². The molecular formula is C8H16N8. The number of nitrogen functional groups attached to an aromatic ring is 1. The molecule has 88 valence electrons. The average Bonchev–Trinajstić information content (AvgIpc) is 2.23. The van der Waals surface area contributed by atoms with Crippen molar-refractivity contribution in [1.29, 1.82) is 5.41 Å². The van der Waals surface area contributed by atoms with Gasteiger partial charge in [-0.25, -0.2) is 4.98 Å². The van der Waals surface area contributed by atoms with E-state index in [1.54, 1.807) is 11.6 Å². The molecular weight excluding hydrogens is 208 g/mol. The van der Waals surface area contributed by atoms with Gasteiger partial charge in [-0.05, 0) is 0 Å². The van der Waals surface area contributed by atoms with E-state index in [2.05, 4.69) is 15.7 Å². The summed E-state index contributed by atoms with van der Waals surface area (Å²) in [5.74, 6) is 5.37. The molecule has 0 fully saturated rings. The molecule has 16 heavy (non-hydrogen) atoms. The van der Waals surface area contributed by atoms with E-state index in [0.717, 1.165) is 0 Å². The number of rotatable bonds is 4. The summed E-state index contributed by atoms with van der Waals surface area (Å²) < 4.78 is 1.55. The summed E-state index contributed by atoms with van der Waals surface area (Å²) in [5, 5.41) is 10.7. The quantitative estimate of drug-likeness (QED) is 0.264. The Balaban J connectivity index is 3.08. The maximum absolute atomic E-state index is 7.86. The summed E-state index contributed by atoms with van der Waals surface area (Å²) in [7, 11) is 1.68. The molecule has 1 aromatic rings. The highest BCUT2D eigenvalue weighted by molar-refractivity contribution is 5.58. The van der Waals surface area contributed by atoms with Gasteiger partial charge in [0.05, 0.1) is 12.9 Å². The van der Waals surface area contributed by atoms with Crippen LogP contribution >= 0.6 is 0 Å². The molecule has 0 spiro atoms. The summed E-state index contributed by atoms with van der Waals surface area (Å²) in [6.07, 6.45) is 2.90. The molecule has 0 saturated heterocycles. The third-order valence-corrected chi connectivity index (χ3v) is 1.99. The minimum absolute atomic E-state index is 0.211. The highest BCUT2D eigenvalue weighted by atomic mass is 15.2. The monoisotopic (exact) mass is 224 g/mol. The van der Waals surface area contributed by atoms with Gasteiger partial charge in [0, 0.05) is 18.9 Å². The molecule has 0 bridgehead atoms. The van der Waals surface area contributed by atoms with Crippen molar-refractivity contribution in [3.8, 4) is 0 Å². The molecule has 0 aromatic carbocycles. The summed E-state index contributed by atoms with van der Waals surface area (Å²) in [4.78, 5) is 3.95. The molecule has 9 N–H and O–H groups in total. The first-order valence-electron chi connectivity index (χ1n) is 4.58. The average molecular weight is 224 g/mol. The third-order valence-electron chi connectivity index (χ3n) is 1.99. The largest absolute Gasteiger partial charge is 0.399 e. The molecule has 0 aliphatic heterocycles. The van der Waals surface area contributed by atoms with Crippen LogP contribution in [0.1, 0.15) is 0 Å². The van der Waals surface area contributed by atoms with Crippen LogP contribution in [-0.4, -0.2) is 16.6 Å². The zero-order valence-electron chi connectivity index (χ0n) is 8.99. The minimum atomic E-state index is 0.211. The van der Waals surface area contributed by atoms with Gasteiger partial charge in [-0.15, -0.1) is 0 Å². The van der Waals surface area contributed by atoms with E-state index in [9.17, 15) is 0 Å². The molecule has 0 atom stereocenters. The number of nitrogens with zero attached hydrogens (tertiary/aromatic N) is 2. The van der Waals surface area contributed by atoms with E-state index in [1.165, 1.54) is 12.5 Å². The highest BCUT2D eigenvalue weighted by Gasteiger charge is 2.04. The Hall–Kier alpha value is -2.22. The second kappa shape index (κ2) is 5.03. The van der Waals surface area contributed by atoms with Crippen molar-refractivity contribution < 1.29 is 0 Å². The van der Waals surface area contributed by atoms with Gasteiger partial charge in [0.1, 0.15) is 5.69 Å². The van der Waals surface area contributed by atoms with Gasteiger partial charge >= 0.3 is 0 Å². The molecule has 1 rings (SSSR count). The van der Waals surface area contributed by atoms with E-state index in [4.69, 9.17) is 22.7 Å². The van der Waals surface area contributed by atoms with E-state index >= 15 is 0 Å². The molecule has 0 radical (unpaired) electrons. The summed E-state index contributed by atoms with van der Waals surface area (Å²) in [5.41, 5.74) is 14.7. The van der Waals surface area contributed by atoms with E-state index < -0.39 is 0 Å². The number of anilines is 2. The van der Waals surface area contributed by atoms with Crippen LogP contribution in [0.3, 0.4) is 0 Å². The Kier molecular flexibility index (Phi) is 3.72. The summed E-state index contributed by atoms with van der Waals surface area (Å²) >= 11 is 0. The lowest BCUT2D eigenvalue weighted by atomic mass is 10.4. The van der Waals surface area contributed by atoms with Crippen molar-refractivity contribution in [2.45, 2.75) is 6.54 Å². The topological polar surface area (TPSA) is 144 Å². The maximum atomic E-state index is 7.86. The Morgan fingerprint density at radius 2 is 2.38 bits per heavy atom. The van der Waals surface area contributed by atoms with Gasteiger partial charge in [-0.3, -0.25) is 11.3 Å². The van der Waals surface area contributed by atoms with Crippen molar-refractivity contribution >= 4 is 11.5 Å². The van der Waals surface area contributed by atoms with Crippen LogP contribution in [0.5, 0.6) is 0 Å². The van der Waals surface area contributed by atoms with Crippen LogP contribution in [0, 0.1) is 5.41 Å². The normalized spacial score (nSPS) is 11.2. The Bertz CT molecular complexity index is 446. The first-order chi connectivity index (χ1) is 7.60. The highest BCUT2D eigenvalue weighted by Crippen LogP contribution is 2.06. The lowest BCUT2D eigenvalue weighted by Crippen LogP contribution is -2.28. The smallest absolute Gasteiger partial charge is 0.153 e. The molecule has 0 amide bonds. The number of aromatic nitrogens is 2. The molecule has 0 aliphatic carbocycles. The van der Waals surface area contributed by atoms with Crippen LogP contribution in [0.4, 0.5) is 11.5 Å². The van der Waals surface area contributed by atoms with Gasteiger partial charge in [-0.2, -0.15) is 0 Å². The first-order valence-corrected chi connectivity index (χ1v) is 4.58. The number of hydrogen-bond acceptors (Lipinski definition) is 7. The van der Waals surface area contributed by atoms with Crippen molar-refractivity contribution in [2.24, 2.45) is 11.6 Å². The lowest BCUT2D eigenvalue weighted by Gasteiger charge is -2.11. The predicted octanol–water partition coefficient (Wildman–Crippen LogP) is -1.75. The van der Waals surface area contributed by atoms with Crippen molar-refractivity contribution in [3.05, 3.63) is 23.7 Å². The predicted molar refractivity (Wildman–Crippen MR) is 61.6 cm³/mol. The zero-order chi connectivity index (χ0) is 12.1. The number of nitrogens with one attached hydrogen (secondary N) is 3. The third kappa shape index (κ3) is 2.42. The van der Waals surface area contributed by atoms with Gasteiger partial charge < -0.3 is 26.8 Å². The second-order valence-electron chi connectivity index (χ2n) is 3.12. The molecule has 0 saturated carbocycles. The molecule has 0 unspecified atom stereocenters. The fraction of sp³-hybridized carbons (Fsp3) is 0.250. The zero-order valence-corrected chi connectivity index (χ0v) is 8.99. The van der Waals surface area contributed by atoms with Crippen molar-refractivity contribution in [3.63, 3.8) is 0 Å². The number of allylic oxidation sites excluding steroid dienone is 1. The number of hydrazine groups is 1. The summed E-state index contributed by atoms with van der Waals surface area (Å²) in [6, 6.07) is 0. The minimum Gasteiger partial charge on any atom is -0.399 e. The van der Waals surface area contributed by atoms with Crippen LogP contribution in [0.25, 0.3) is 0 Å². The SMILES string of the molecule is CNc1c(N)ncn(C/C(N)=C/NN)c1=N. The Morgan fingerprint density at radius 3 is 2.94 bits per heavy atom. The number of nitrogens with two attached hydrogens (primary N) is 3. The molecule has 1 heterocycles. The van der Waals surface area contributed by atoms with Crippen LogP contribution in [0.2, 0.25) is 0 Å². The van der Waals surface area contributed by atoms with E-state index in [-0.39, 0.29) is 11.3 Å². The van der Waals surface area contributed by atoms with Gasteiger partial charge in [-0.1, -0.05) is 0 Å². The molecule has 8 heteroatoms. The fourth-order valence-corrected chi connectivity index (χ4v) is 1.23. The van der Waals surface area contributed by atoms with Crippen LogP contribution in [0.15, 0.2) is 18.2 Å². The van der Waals surface area contributed by atoms with Crippen molar-refractivity contribution in [2.75, 3.05) is 18.1 Å². The fourth-order valence-electron chi connectivity index (χ4n) is 1.23. The molecule has 1 aromatic heterocycles.